The first kappa shape index (κ1) is 29.4. The molecule has 0 saturated carbocycles. The number of amides is 3. The summed E-state index contributed by atoms with van der Waals surface area (Å²) < 4.78 is 0. The van der Waals surface area contributed by atoms with Crippen molar-refractivity contribution in [3.8, 4) is 0 Å². The highest BCUT2D eigenvalue weighted by molar-refractivity contribution is 7.80. The molecule has 0 radical (unpaired) electrons. The van der Waals surface area contributed by atoms with Gasteiger partial charge in [-0.2, -0.15) is 12.6 Å². The Morgan fingerprint density at radius 3 is 1.86 bits per heavy atom. The largest absolute Gasteiger partial charge is 0.481 e. The SMILES string of the molecule is NC(CCC(=O)O)C(=O)NC(Cc1ccccc1)C(=O)NC(CC(=O)O)C(=O)NC(CS)C(=O)O. The molecule has 8 N–H and O–H groups in total. The summed E-state index contributed by atoms with van der Waals surface area (Å²) in [7, 11) is 0. The van der Waals surface area contributed by atoms with E-state index in [1.807, 2.05) is 0 Å². The zero-order valence-corrected chi connectivity index (χ0v) is 19.4. The lowest BCUT2D eigenvalue weighted by Crippen LogP contribution is -2.58. The fraction of sp³-hybridized carbons (Fsp3) is 0.429. The van der Waals surface area contributed by atoms with Crippen molar-refractivity contribution in [2.24, 2.45) is 5.73 Å². The molecule has 4 atom stereocenters. The van der Waals surface area contributed by atoms with Crippen LogP contribution in [0.5, 0.6) is 0 Å². The number of aliphatic carboxylic acids is 3. The first-order chi connectivity index (χ1) is 16.4. The Balaban J connectivity index is 3.07. The van der Waals surface area contributed by atoms with Crippen LogP contribution in [0.1, 0.15) is 24.8 Å². The predicted molar refractivity (Wildman–Crippen MR) is 125 cm³/mol. The Bertz CT molecular complexity index is 929. The third-order valence-corrected chi connectivity index (χ3v) is 5.10. The molecular formula is C21H28N4O9S. The van der Waals surface area contributed by atoms with Crippen LogP contribution in [0, 0.1) is 0 Å². The van der Waals surface area contributed by atoms with Crippen molar-refractivity contribution in [2.45, 2.75) is 49.9 Å². The molecule has 0 aliphatic rings. The van der Waals surface area contributed by atoms with Crippen molar-refractivity contribution in [2.75, 3.05) is 5.75 Å². The molecular weight excluding hydrogens is 484 g/mol. The van der Waals surface area contributed by atoms with E-state index in [0.29, 0.717) is 5.56 Å². The lowest BCUT2D eigenvalue weighted by molar-refractivity contribution is -0.143. The highest BCUT2D eigenvalue weighted by Gasteiger charge is 2.31. The van der Waals surface area contributed by atoms with Gasteiger partial charge in [0.05, 0.1) is 12.5 Å². The number of nitrogens with two attached hydrogens (primary N) is 1. The second kappa shape index (κ2) is 14.6. The second-order valence-electron chi connectivity index (χ2n) is 7.53. The monoisotopic (exact) mass is 512 g/mol. The van der Waals surface area contributed by atoms with E-state index in [9.17, 15) is 28.8 Å². The first-order valence-electron chi connectivity index (χ1n) is 10.4. The molecule has 1 aromatic carbocycles. The van der Waals surface area contributed by atoms with E-state index in [1.54, 1.807) is 30.3 Å². The van der Waals surface area contributed by atoms with Crippen LogP contribution in [0.25, 0.3) is 0 Å². The summed E-state index contributed by atoms with van der Waals surface area (Å²) in [5, 5.41) is 33.7. The Kier molecular flexibility index (Phi) is 12.2. The van der Waals surface area contributed by atoms with Gasteiger partial charge in [0.2, 0.25) is 17.7 Å². The predicted octanol–water partition coefficient (Wildman–Crippen LogP) is -1.64. The van der Waals surface area contributed by atoms with Gasteiger partial charge in [-0.1, -0.05) is 30.3 Å². The topological polar surface area (TPSA) is 225 Å². The van der Waals surface area contributed by atoms with E-state index >= 15 is 0 Å². The number of carboxylic acid groups (broad SMARTS) is 3. The summed E-state index contributed by atoms with van der Waals surface area (Å²) in [5.41, 5.74) is 6.33. The van der Waals surface area contributed by atoms with Crippen LogP contribution in [0.2, 0.25) is 0 Å². The van der Waals surface area contributed by atoms with Gasteiger partial charge in [-0.15, -0.1) is 0 Å². The van der Waals surface area contributed by atoms with Crippen molar-refractivity contribution >= 4 is 48.3 Å². The summed E-state index contributed by atoms with van der Waals surface area (Å²) in [6.45, 7) is 0. The zero-order chi connectivity index (χ0) is 26.5. The number of carboxylic acids is 3. The van der Waals surface area contributed by atoms with Gasteiger partial charge in [0.15, 0.2) is 0 Å². The minimum Gasteiger partial charge on any atom is -0.481 e. The van der Waals surface area contributed by atoms with Gasteiger partial charge in [0.1, 0.15) is 18.1 Å². The molecule has 1 rings (SSSR count). The van der Waals surface area contributed by atoms with E-state index in [1.165, 1.54) is 0 Å². The summed E-state index contributed by atoms with van der Waals surface area (Å²) in [4.78, 5) is 71.1. The lowest BCUT2D eigenvalue weighted by Gasteiger charge is -2.24. The molecule has 0 aliphatic carbocycles. The van der Waals surface area contributed by atoms with Crippen molar-refractivity contribution in [3.05, 3.63) is 35.9 Å². The average Bonchev–Trinajstić information content (AvgIpc) is 2.79. The number of rotatable bonds is 15. The molecule has 0 aliphatic heterocycles. The van der Waals surface area contributed by atoms with Crippen LogP contribution in [0.3, 0.4) is 0 Å². The van der Waals surface area contributed by atoms with Crippen LogP contribution < -0.4 is 21.7 Å². The fourth-order valence-corrected chi connectivity index (χ4v) is 3.11. The Morgan fingerprint density at radius 1 is 0.800 bits per heavy atom. The van der Waals surface area contributed by atoms with Crippen LogP contribution >= 0.6 is 12.6 Å². The van der Waals surface area contributed by atoms with Gasteiger partial charge in [0, 0.05) is 18.6 Å². The lowest BCUT2D eigenvalue weighted by atomic mass is 10.0. The maximum Gasteiger partial charge on any atom is 0.327 e. The molecule has 14 heteroatoms. The number of carbonyl (C=O) groups is 6. The van der Waals surface area contributed by atoms with Gasteiger partial charge >= 0.3 is 17.9 Å². The van der Waals surface area contributed by atoms with Crippen molar-refractivity contribution in [1.82, 2.24) is 16.0 Å². The van der Waals surface area contributed by atoms with Crippen molar-refractivity contribution in [3.63, 3.8) is 0 Å². The number of benzene rings is 1. The van der Waals surface area contributed by atoms with Crippen LogP contribution in [-0.4, -0.2) is 80.9 Å². The van der Waals surface area contributed by atoms with E-state index in [-0.39, 0.29) is 25.0 Å². The summed E-state index contributed by atoms with van der Waals surface area (Å²) in [6.07, 6.45) is -1.48. The fourth-order valence-electron chi connectivity index (χ4n) is 2.86. The standard InChI is InChI=1S/C21H28N4O9S/c22-12(6-7-16(26)27)18(30)23-13(8-11-4-2-1-3-5-11)19(31)24-14(9-17(28)29)20(32)25-15(10-35)21(33)34/h1-5,12-15,35H,6-10,22H2,(H,23,30)(H,24,31)(H,25,32)(H,26,27)(H,28,29)(H,33,34). The Labute approximate surface area is 205 Å². The number of nitrogens with one attached hydrogen (secondary N) is 3. The summed E-state index contributed by atoms with van der Waals surface area (Å²) in [6, 6.07) is 2.83. The van der Waals surface area contributed by atoms with Gasteiger partial charge in [-0.05, 0) is 12.0 Å². The highest BCUT2D eigenvalue weighted by Crippen LogP contribution is 2.06. The van der Waals surface area contributed by atoms with Crippen molar-refractivity contribution in [1.29, 1.82) is 0 Å². The van der Waals surface area contributed by atoms with Crippen LogP contribution in [-0.2, 0) is 35.2 Å². The molecule has 4 unspecified atom stereocenters. The van der Waals surface area contributed by atoms with Crippen molar-refractivity contribution < 1.29 is 44.1 Å². The quantitative estimate of drug-likeness (QED) is 0.125. The van der Waals surface area contributed by atoms with E-state index in [4.69, 9.17) is 21.1 Å². The Hall–Kier alpha value is -3.65. The number of carbonyl (C=O) groups excluding carboxylic acids is 3. The normalized spacial score (nSPS) is 14.0. The first-order valence-corrected chi connectivity index (χ1v) is 11.1. The molecule has 13 nitrogen and oxygen atoms in total. The number of thiol groups is 1. The summed E-state index contributed by atoms with van der Waals surface area (Å²) >= 11 is 3.82. The van der Waals surface area contributed by atoms with Gasteiger partial charge in [-0.25, -0.2) is 4.79 Å². The molecule has 0 saturated heterocycles. The van der Waals surface area contributed by atoms with Gasteiger partial charge < -0.3 is 37.0 Å². The molecule has 0 heterocycles. The number of hydrogen-bond donors (Lipinski definition) is 8. The van der Waals surface area contributed by atoms with Gasteiger partial charge in [-0.3, -0.25) is 24.0 Å². The highest BCUT2D eigenvalue weighted by atomic mass is 32.1. The summed E-state index contributed by atoms with van der Waals surface area (Å²) in [5.74, 6) is -7.09. The van der Waals surface area contributed by atoms with Crippen LogP contribution in [0.15, 0.2) is 30.3 Å². The smallest absolute Gasteiger partial charge is 0.327 e. The maximum absolute atomic E-state index is 13.0. The van der Waals surface area contributed by atoms with Crippen LogP contribution in [0.4, 0.5) is 0 Å². The minimum atomic E-state index is -1.66. The third-order valence-electron chi connectivity index (χ3n) is 4.73. The van der Waals surface area contributed by atoms with E-state index < -0.39 is 66.2 Å². The molecule has 0 bridgehead atoms. The molecule has 3 amide bonds. The molecule has 192 valence electrons. The molecule has 0 aromatic heterocycles. The Morgan fingerprint density at radius 2 is 1.34 bits per heavy atom. The molecule has 0 spiro atoms. The molecule has 0 fully saturated rings. The minimum absolute atomic E-state index is 0.0557. The second-order valence-corrected chi connectivity index (χ2v) is 7.90. The molecule has 35 heavy (non-hydrogen) atoms. The van der Waals surface area contributed by atoms with E-state index in [0.717, 1.165) is 0 Å². The number of hydrogen-bond acceptors (Lipinski definition) is 8. The zero-order valence-electron chi connectivity index (χ0n) is 18.5. The third kappa shape index (κ3) is 10.9. The van der Waals surface area contributed by atoms with E-state index in [2.05, 4.69) is 28.6 Å². The average molecular weight is 513 g/mol. The van der Waals surface area contributed by atoms with Gasteiger partial charge in [0.25, 0.3) is 0 Å². The maximum atomic E-state index is 13.0. The molecule has 1 aromatic rings.